The summed E-state index contributed by atoms with van der Waals surface area (Å²) in [6.07, 6.45) is 2.86. The molecule has 11 heteroatoms. The number of para-hydroxylation sites is 1. The molecule has 3 aromatic rings. The molecule has 0 saturated carbocycles. The molecule has 2 aliphatic heterocycles. The number of likely N-dealkylation sites (tertiary alicyclic amines) is 1. The summed E-state index contributed by atoms with van der Waals surface area (Å²) < 4.78 is 33.3. The van der Waals surface area contributed by atoms with E-state index in [0.29, 0.717) is 36.1 Å². The van der Waals surface area contributed by atoms with E-state index in [-0.39, 0.29) is 30.4 Å². The molecule has 3 atom stereocenters. The summed E-state index contributed by atoms with van der Waals surface area (Å²) in [7, 11) is -3.82. The Morgan fingerprint density at radius 2 is 1.95 bits per heavy atom. The summed E-state index contributed by atoms with van der Waals surface area (Å²) in [5, 5.41) is 3.63. The lowest BCUT2D eigenvalue weighted by molar-refractivity contribution is -0.138. The van der Waals surface area contributed by atoms with Crippen LogP contribution in [0.1, 0.15) is 48.0 Å². The molecule has 38 heavy (non-hydrogen) atoms. The second kappa shape index (κ2) is 10.3. The minimum Gasteiger partial charge on any atom is -0.451 e. The molecule has 3 unspecified atom stereocenters. The molecule has 0 bridgehead atoms. The highest BCUT2D eigenvalue weighted by Crippen LogP contribution is 2.33. The Labute approximate surface area is 221 Å². The molecule has 200 valence electrons. The zero-order chi connectivity index (χ0) is 27.0. The molecule has 10 nitrogen and oxygen atoms in total. The maximum atomic E-state index is 13.6. The molecule has 4 heterocycles. The summed E-state index contributed by atoms with van der Waals surface area (Å²) >= 11 is 0. The first-order valence-electron chi connectivity index (χ1n) is 12.7. The van der Waals surface area contributed by atoms with E-state index in [2.05, 4.69) is 10.3 Å². The number of nitrogens with one attached hydrogen (secondary N) is 1. The van der Waals surface area contributed by atoms with Gasteiger partial charge in [0.15, 0.2) is 11.5 Å². The quantitative estimate of drug-likeness (QED) is 0.466. The average Bonchev–Trinajstić information content (AvgIpc) is 3.58. The highest BCUT2D eigenvalue weighted by Gasteiger charge is 2.54. The lowest BCUT2D eigenvalue weighted by Crippen LogP contribution is -2.52. The molecule has 2 aromatic heterocycles. The standard InChI is InChI=1S/C27H30N4O6S/c1-3-8-20(29-26(33)25-17(2)19-10-4-5-11-23(19)37-25)27(34)30-14-12-21-24(30)22(32)15-31(21)38(35,36)16-18-9-6-7-13-28-18/h4-7,9-11,13,20-21,24H,3,8,12,14-16H2,1-2H3,(H,29,33). The van der Waals surface area contributed by atoms with Crippen LogP contribution in [0.5, 0.6) is 0 Å². The first-order chi connectivity index (χ1) is 18.2. The number of carbonyl (C=O) groups excluding carboxylic acids is 3. The number of fused-ring (bicyclic) bond motifs is 2. The SMILES string of the molecule is CCCC(NC(=O)c1oc2ccccc2c1C)C(=O)N1CCC2C1C(=O)CN2S(=O)(=O)Cc1ccccn1. The van der Waals surface area contributed by atoms with Crippen molar-refractivity contribution >= 4 is 38.6 Å². The summed E-state index contributed by atoms with van der Waals surface area (Å²) in [5.74, 6) is -1.38. The van der Waals surface area contributed by atoms with Crippen LogP contribution in [0.15, 0.2) is 53.1 Å². The van der Waals surface area contributed by atoms with Gasteiger partial charge in [-0.15, -0.1) is 0 Å². The molecule has 5 rings (SSSR count). The Morgan fingerprint density at radius 3 is 2.66 bits per heavy atom. The van der Waals surface area contributed by atoms with Crippen LogP contribution < -0.4 is 5.32 Å². The summed E-state index contributed by atoms with van der Waals surface area (Å²) in [4.78, 5) is 45.4. The van der Waals surface area contributed by atoms with Crippen LogP contribution in [0.25, 0.3) is 11.0 Å². The van der Waals surface area contributed by atoms with E-state index in [9.17, 15) is 22.8 Å². The molecule has 0 spiro atoms. The molecular formula is C27H30N4O6S. The maximum absolute atomic E-state index is 13.6. The fraction of sp³-hybridized carbons (Fsp3) is 0.407. The lowest BCUT2D eigenvalue weighted by Gasteiger charge is -2.28. The van der Waals surface area contributed by atoms with E-state index in [1.165, 1.54) is 15.4 Å². The second-order valence-corrected chi connectivity index (χ2v) is 11.7. The molecule has 2 amide bonds. The van der Waals surface area contributed by atoms with Crippen LogP contribution in [0.4, 0.5) is 0 Å². The van der Waals surface area contributed by atoms with Crippen LogP contribution in [0.2, 0.25) is 0 Å². The summed E-state index contributed by atoms with van der Waals surface area (Å²) in [6.45, 7) is 3.64. The Balaban J connectivity index is 1.33. The first-order valence-corrected chi connectivity index (χ1v) is 14.3. The maximum Gasteiger partial charge on any atom is 0.287 e. The zero-order valence-corrected chi connectivity index (χ0v) is 22.1. The number of rotatable bonds is 8. The number of pyridine rings is 1. The van der Waals surface area contributed by atoms with Crippen LogP contribution in [-0.4, -0.2) is 71.4 Å². The smallest absolute Gasteiger partial charge is 0.287 e. The Morgan fingerprint density at radius 1 is 1.18 bits per heavy atom. The van der Waals surface area contributed by atoms with Crippen LogP contribution in [0.3, 0.4) is 0 Å². The predicted molar refractivity (Wildman–Crippen MR) is 140 cm³/mol. The van der Waals surface area contributed by atoms with Gasteiger partial charge in [0.2, 0.25) is 15.9 Å². The number of Topliss-reactive ketones (excluding diaryl/α,β-unsaturated/α-hetero) is 1. The molecule has 0 aliphatic carbocycles. The number of benzene rings is 1. The van der Waals surface area contributed by atoms with Crippen molar-refractivity contribution < 1.29 is 27.2 Å². The second-order valence-electron chi connectivity index (χ2n) is 9.79. The third-order valence-electron chi connectivity index (χ3n) is 7.30. The number of amides is 2. The van der Waals surface area contributed by atoms with Crippen molar-refractivity contribution in [2.45, 2.75) is 57.0 Å². The first kappa shape index (κ1) is 26.1. The van der Waals surface area contributed by atoms with Gasteiger partial charge in [0, 0.05) is 23.7 Å². The van der Waals surface area contributed by atoms with E-state index in [4.69, 9.17) is 4.42 Å². The molecule has 1 N–H and O–H groups in total. The van der Waals surface area contributed by atoms with Gasteiger partial charge in [-0.3, -0.25) is 19.4 Å². The minimum atomic E-state index is -3.82. The molecule has 0 radical (unpaired) electrons. The van der Waals surface area contributed by atoms with Gasteiger partial charge in [-0.05, 0) is 38.0 Å². The van der Waals surface area contributed by atoms with Crippen molar-refractivity contribution in [1.82, 2.24) is 19.5 Å². The van der Waals surface area contributed by atoms with Crippen LogP contribution in [-0.2, 0) is 25.4 Å². The Kier molecular flexibility index (Phi) is 7.06. The van der Waals surface area contributed by atoms with E-state index in [0.717, 1.165) is 5.39 Å². The summed E-state index contributed by atoms with van der Waals surface area (Å²) in [6, 6.07) is 9.98. The molecule has 2 fully saturated rings. The van der Waals surface area contributed by atoms with Gasteiger partial charge in [0.1, 0.15) is 23.4 Å². The number of aryl methyl sites for hydroxylation is 1. The van der Waals surface area contributed by atoms with E-state index in [1.807, 2.05) is 25.1 Å². The lowest BCUT2D eigenvalue weighted by atomic mass is 10.1. The van der Waals surface area contributed by atoms with Gasteiger partial charge in [0.25, 0.3) is 5.91 Å². The third-order valence-corrected chi connectivity index (χ3v) is 9.08. The number of furan rings is 1. The molecular weight excluding hydrogens is 508 g/mol. The van der Waals surface area contributed by atoms with Crippen molar-refractivity contribution in [3.05, 3.63) is 65.7 Å². The predicted octanol–water partition coefficient (Wildman–Crippen LogP) is 2.42. The molecule has 2 saturated heterocycles. The van der Waals surface area contributed by atoms with Crippen LogP contribution >= 0.6 is 0 Å². The molecule has 1 aromatic carbocycles. The number of carbonyl (C=O) groups is 3. The topological polar surface area (TPSA) is 130 Å². The van der Waals surface area contributed by atoms with Gasteiger partial charge >= 0.3 is 0 Å². The number of ketones is 1. The van der Waals surface area contributed by atoms with E-state index < -0.39 is 40.0 Å². The zero-order valence-electron chi connectivity index (χ0n) is 21.3. The van der Waals surface area contributed by atoms with E-state index >= 15 is 0 Å². The van der Waals surface area contributed by atoms with Crippen molar-refractivity contribution in [3.63, 3.8) is 0 Å². The van der Waals surface area contributed by atoms with Gasteiger partial charge < -0.3 is 14.6 Å². The number of sulfonamides is 1. The van der Waals surface area contributed by atoms with Gasteiger partial charge in [0.05, 0.1) is 18.3 Å². The highest BCUT2D eigenvalue weighted by atomic mass is 32.2. The third kappa shape index (κ3) is 4.71. The Bertz CT molecular complexity index is 1490. The van der Waals surface area contributed by atoms with E-state index in [1.54, 1.807) is 31.2 Å². The van der Waals surface area contributed by atoms with Crippen molar-refractivity contribution in [2.24, 2.45) is 0 Å². The monoisotopic (exact) mass is 538 g/mol. The van der Waals surface area contributed by atoms with Gasteiger partial charge in [-0.25, -0.2) is 8.42 Å². The van der Waals surface area contributed by atoms with Gasteiger partial charge in [-0.1, -0.05) is 37.6 Å². The fourth-order valence-electron chi connectivity index (χ4n) is 5.50. The van der Waals surface area contributed by atoms with Crippen LogP contribution in [0, 0.1) is 6.92 Å². The normalized spacial score (nSPS) is 20.6. The van der Waals surface area contributed by atoms with Crippen molar-refractivity contribution in [2.75, 3.05) is 13.1 Å². The van der Waals surface area contributed by atoms with Gasteiger partial charge in [-0.2, -0.15) is 4.31 Å². The Hall–Kier alpha value is -3.57. The number of hydrogen-bond acceptors (Lipinski definition) is 7. The number of hydrogen-bond donors (Lipinski definition) is 1. The largest absolute Gasteiger partial charge is 0.451 e. The van der Waals surface area contributed by atoms with Crippen molar-refractivity contribution in [3.8, 4) is 0 Å². The number of aromatic nitrogens is 1. The molecule has 2 aliphatic rings. The minimum absolute atomic E-state index is 0.142. The summed E-state index contributed by atoms with van der Waals surface area (Å²) in [5.41, 5.74) is 1.65. The van der Waals surface area contributed by atoms with Crippen molar-refractivity contribution in [1.29, 1.82) is 0 Å². The highest BCUT2D eigenvalue weighted by molar-refractivity contribution is 7.88. The number of nitrogens with zero attached hydrogens (tertiary/aromatic N) is 3. The fourth-order valence-corrected chi connectivity index (χ4v) is 7.16. The average molecular weight is 539 g/mol.